The summed E-state index contributed by atoms with van der Waals surface area (Å²) in [7, 11) is 1.65. The van der Waals surface area contributed by atoms with E-state index in [1.54, 1.807) is 25.3 Å². The van der Waals surface area contributed by atoms with Gasteiger partial charge in [-0.3, -0.25) is 0 Å². The number of carbonyl (C=O) groups is 1. The van der Waals surface area contributed by atoms with Gasteiger partial charge in [0.15, 0.2) is 0 Å². The molecule has 0 unspecified atom stereocenters. The maximum Gasteiger partial charge on any atom is 0.338 e. The van der Waals surface area contributed by atoms with Crippen molar-refractivity contribution in [1.29, 1.82) is 0 Å². The van der Waals surface area contributed by atoms with Gasteiger partial charge in [-0.05, 0) is 47.0 Å². The van der Waals surface area contributed by atoms with E-state index in [-0.39, 0.29) is 5.97 Å². The third-order valence-electron chi connectivity index (χ3n) is 2.21. The highest BCUT2D eigenvalue weighted by Gasteiger charge is 2.08. The van der Waals surface area contributed by atoms with E-state index in [1.807, 2.05) is 0 Å². The minimum Gasteiger partial charge on any atom is -0.462 e. The number of rotatable bonds is 6. The molecule has 0 aromatic heterocycles. The number of carbonyl (C=O) groups excluding carboxylic acids is 1. The van der Waals surface area contributed by atoms with Gasteiger partial charge in [-0.1, -0.05) is 0 Å². The number of benzene rings is 1. The average molecular weight is 302 g/mol. The van der Waals surface area contributed by atoms with Gasteiger partial charge < -0.3 is 15.2 Å². The van der Waals surface area contributed by atoms with Gasteiger partial charge in [-0.2, -0.15) is 0 Å². The van der Waals surface area contributed by atoms with Crippen LogP contribution in [0.3, 0.4) is 0 Å². The quantitative estimate of drug-likeness (QED) is 0.498. The van der Waals surface area contributed by atoms with E-state index in [1.165, 1.54) is 0 Å². The van der Waals surface area contributed by atoms with Crippen LogP contribution in [0.2, 0.25) is 0 Å². The molecule has 5 heteroatoms. The Hall–Kier alpha value is -1.07. The minimum atomic E-state index is -0.346. The number of halogens is 1. The first-order chi connectivity index (χ1) is 8.15. The molecule has 0 fully saturated rings. The molecule has 2 N–H and O–H groups in total. The van der Waals surface area contributed by atoms with Gasteiger partial charge in [-0.25, -0.2) is 4.79 Å². The highest BCUT2D eigenvalue weighted by atomic mass is 79.9. The van der Waals surface area contributed by atoms with E-state index in [2.05, 4.69) is 15.9 Å². The first-order valence-corrected chi connectivity index (χ1v) is 6.15. The zero-order valence-electron chi connectivity index (χ0n) is 9.74. The van der Waals surface area contributed by atoms with Gasteiger partial charge in [0.05, 0.1) is 12.2 Å². The molecule has 0 bridgehead atoms. The van der Waals surface area contributed by atoms with E-state index in [4.69, 9.17) is 15.2 Å². The minimum absolute atomic E-state index is 0.346. The molecule has 1 rings (SSSR count). The number of anilines is 1. The molecular formula is C12H16BrNO3. The van der Waals surface area contributed by atoms with Gasteiger partial charge in [0, 0.05) is 23.9 Å². The zero-order valence-corrected chi connectivity index (χ0v) is 11.3. The topological polar surface area (TPSA) is 61.5 Å². The zero-order chi connectivity index (χ0) is 12.7. The molecule has 0 aliphatic rings. The number of hydrogen-bond donors (Lipinski definition) is 1. The normalized spacial score (nSPS) is 10.2. The summed E-state index contributed by atoms with van der Waals surface area (Å²) in [5.74, 6) is -0.346. The second kappa shape index (κ2) is 7.29. The van der Waals surface area contributed by atoms with Crippen LogP contribution in [0.15, 0.2) is 22.7 Å². The molecule has 1 aromatic rings. The number of unbranched alkanes of at least 4 members (excludes halogenated alkanes) is 1. The molecule has 0 saturated carbocycles. The summed E-state index contributed by atoms with van der Waals surface area (Å²) < 4.78 is 10.8. The summed E-state index contributed by atoms with van der Waals surface area (Å²) in [5.41, 5.74) is 6.68. The van der Waals surface area contributed by atoms with Crippen LogP contribution >= 0.6 is 15.9 Å². The summed E-state index contributed by atoms with van der Waals surface area (Å²) in [6, 6.07) is 5.01. The number of ether oxygens (including phenoxy) is 2. The lowest BCUT2D eigenvalue weighted by Crippen LogP contribution is -2.07. The maximum atomic E-state index is 11.6. The van der Waals surface area contributed by atoms with Crippen molar-refractivity contribution in [3.8, 4) is 0 Å². The van der Waals surface area contributed by atoms with E-state index in [0.717, 1.165) is 17.3 Å². The first kappa shape index (κ1) is 14.0. The van der Waals surface area contributed by atoms with Gasteiger partial charge in [0.25, 0.3) is 0 Å². The fourth-order valence-corrected chi connectivity index (χ4v) is 1.51. The third-order valence-corrected chi connectivity index (χ3v) is 2.93. The summed E-state index contributed by atoms with van der Waals surface area (Å²) in [4.78, 5) is 11.6. The lowest BCUT2D eigenvalue weighted by atomic mass is 10.2. The molecule has 0 saturated heterocycles. The van der Waals surface area contributed by atoms with Crippen LogP contribution in [0.1, 0.15) is 23.2 Å². The summed E-state index contributed by atoms with van der Waals surface area (Å²) in [6.45, 7) is 1.08. The Bertz CT molecular complexity index is 382. The van der Waals surface area contributed by atoms with E-state index in [0.29, 0.717) is 24.5 Å². The predicted octanol–water partition coefficient (Wildman–Crippen LogP) is 2.61. The van der Waals surface area contributed by atoms with E-state index < -0.39 is 0 Å². The van der Waals surface area contributed by atoms with Crippen molar-refractivity contribution < 1.29 is 14.3 Å². The lowest BCUT2D eigenvalue weighted by molar-refractivity contribution is 0.0489. The number of nitrogens with two attached hydrogens (primary N) is 1. The monoisotopic (exact) mass is 301 g/mol. The summed E-state index contributed by atoms with van der Waals surface area (Å²) >= 11 is 3.27. The summed E-state index contributed by atoms with van der Waals surface area (Å²) in [6.07, 6.45) is 1.68. The van der Waals surface area contributed by atoms with Crippen molar-refractivity contribution in [2.45, 2.75) is 12.8 Å². The van der Waals surface area contributed by atoms with Gasteiger partial charge >= 0.3 is 5.97 Å². The first-order valence-electron chi connectivity index (χ1n) is 5.36. The Morgan fingerprint density at radius 2 is 2.06 bits per heavy atom. The van der Waals surface area contributed by atoms with Crippen LogP contribution < -0.4 is 5.73 Å². The molecule has 0 atom stereocenters. The molecule has 0 heterocycles. The molecule has 0 amide bonds. The molecule has 0 aliphatic heterocycles. The third kappa shape index (κ3) is 4.75. The smallest absolute Gasteiger partial charge is 0.338 e. The van der Waals surface area contributed by atoms with Crippen molar-refractivity contribution >= 4 is 27.6 Å². The number of nitrogen functional groups attached to an aromatic ring is 1. The van der Waals surface area contributed by atoms with Gasteiger partial charge in [-0.15, -0.1) is 0 Å². The largest absolute Gasteiger partial charge is 0.462 e. The molecule has 94 valence electrons. The number of hydrogen-bond acceptors (Lipinski definition) is 4. The van der Waals surface area contributed by atoms with Crippen LogP contribution in [0, 0.1) is 0 Å². The Morgan fingerprint density at radius 3 is 2.71 bits per heavy atom. The Labute approximate surface area is 109 Å². The van der Waals surface area contributed by atoms with Crippen molar-refractivity contribution in [3.05, 3.63) is 28.2 Å². The van der Waals surface area contributed by atoms with Crippen molar-refractivity contribution in [1.82, 2.24) is 0 Å². The van der Waals surface area contributed by atoms with Crippen LogP contribution in [0.5, 0.6) is 0 Å². The average Bonchev–Trinajstić information content (AvgIpc) is 2.32. The highest BCUT2D eigenvalue weighted by molar-refractivity contribution is 9.10. The molecule has 17 heavy (non-hydrogen) atoms. The molecule has 1 aromatic carbocycles. The summed E-state index contributed by atoms with van der Waals surface area (Å²) in [5, 5.41) is 0. The van der Waals surface area contributed by atoms with Gasteiger partial charge in [0.2, 0.25) is 0 Å². The van der Waals surface area contributed by atoms with E-state index >= 15 is 0 Å². The SMILES string of the molecule is COCCCCOC(=O)c1ccc(Br)c(N)c1. The Balaban J connectivity index is 2.39. The van der Waals surface area contributed by atoms with Crippen molar-refractivity contribution in [2.75, 3.05) is 26.1 Å². The molecule has 0 spiro atoms. The Kier molecular flexibility index (Phi) is 6.00. The fraction of sp³-hybridized carbons (Fsp3) is 0.417. The predicted molar refractivity (Wildman–Crippen MR) is 69.9 cm³/mol. The molecule has 4 nitrogen and oxygen atoms in total. The Morgan fingerprint density at radius 1 is 1.35 bits per heavy atom. The van der Waals surface area contributed by atoms with Crippen LogP contribution in [-0.4, -0.2) is 26.3 Å². The second-order valence-electron chi connectivity index (χ2n) is 3.57. The number of esters is 1. The fourth-order valence-electron chi connectivity index (χ4n) is 1.27. The van der Waals surface area contributed by atoms with Crippen molar-refractivity contribution in [3.63, 3.8) is 0 Å². The molecule has 0 aliphatic carbocycles. The molecular weight excluding hydrogens is 286 g/mol. The second-order valence-corrected chi connectivity index (χ2v) is 4.43. The maximum absolute atomic E-state index is 11.6. The molecule has 0 radical (unpaired) electrons. The van der Waals surface area contributed by atoms with Crippen LogP contribution in [-0.2, 0) is 9.47 Å². The standard InChI is InChI=1S/C12H16BrNO3/c1-16-6-2-3-7-17-12(15)9-4-5-10(13)11(14)8-9/h4-5,8H,2-3,6-7,14H2,1H3. The van der Waals surface area contributed by atoms with Crippen molar-refractivity contribution in [2.24, 2.45) is 0 Å². The van der Waals surface area contributed by atoms with Gasteiger partial charge in [0.1, 0.15) is 0 Å². The van der Waals surface area contributed by atoms with Crippen LogP contribution in [0.4, 0.5) is 5.69 Å². The number of methoxy groups -OCH3 is 1. The highest BCUT2D eigenvalue weighted by Crippen LogP contribution is 2.20. The van der Waals surface area contributed by atoms with Crippen LogP contribution in [0.25, 0.3) is 0 Å². The van der Waals surface area contributed by atoms with E-state index in [9.17, 15) is 4.79 Å². The lowest BCUT2D eigenvalue weighted by Gasteiger charge is -2.06.